The lowest BCUT2D eigenvalue weighted by molar-refractivity contribution is -0.127. The molecule has 1 aliphatic rings. The van der Waals surface area contributed by atoms with Gasteiger partial charge in [-0.15, -0.1) is 0 Å². The number of hydrogen-bond donors (Lipinski definition) is 1. The zero-order valence-corrected chi connectivity index (χ0v) is 19.0. The van der Waals surface area contributed by atoms with Crippen LogP contribution in [-0.4, -0.2) is 33.1 Å². The Morgan fingerprint density at radius 3 is 2.59 bits per heavy atom. The molecule has 0 atom stereocenters. The van der Waals surface area contributed by atoms with Crippen LogP contribution in [0.4, 0.5) is 10.5 Å². The Morgan fingerprint density at radius 2 is 1.84 bits per heavy atom. The minimum absolute atomic E-state index is 0.261. The van der Waals surface area contributed by atoms with Gasteiger partial charge in [0.15, 0.2) is 0 Å². The maximum atomic E-state index is 12.8. The van der Waals surface area contributed by atoms with Gasteiger partial charge in [0, 0.05) is 28.3 Å². The van der Waals surface area contributed by atoms with Gasteiger partial charge in [0.2, 0.25) is 5.91 Å². The lowest BCUT2D eigenvalue weighted by Crippen LogP contribution is -2.36. The zero-order chi connectivity index (χ0) is 22.8. The average molecular weight is 466 g/mol. The van der Waals surface area contributed by atoms with Crippen molar-refractivity contribution in [2.75, 3.05) is 11.9 Å². The van der Waals surface area contributed by atoms with Gasteiger partial charge in [-0.25, -0.2) is 0 Å². The van der Waals surface area contributed by atoms with Crippen molar-refractivity contribution in [2.45, 2.75) is 13.8 Å². The molecule has 1 saturated heterocycles. The molecule has 0 unspecified atom stereocenters. The number of rotatable bonds is 5. The predicted molar refractivity (Wildman–Crippen MR) is 128 cm³/mol. The van der Waals surface area contributed by atoms with Crippen molar-refractivity contribution in [2.24, 2.45) is 0 Å². The molecule has 4 rings (SSSR count). The molecule has 0 aliphatic carbocycles. The number of amides is 3. The lowest BCUT2D eigenvalue weighted by atomic mass is 10.2. The second-order valence-corrected chi connectivity index (χ2v) is 8.77. The third-order valence-electron chi connectivity index (χ3n) is 5.09. The third kappa shape index (κ3) is 4.49. The van der Waals surface area contributed by atoms with E-state index in [1.165, 1.54) is 0 Å². The highest BCUT2D eigenvalue weighted by Gasteiger charge is 2.36. The van der Waals surface area contributed by atoms with Crippen LogP contribution in [0.5, 0.6) is 0 Å². The van der Waals surface area contributed by atoms with Crippen LogP contribution in [0.15, 0.2) is 65.7 Å². The van der Waals surface area contributed by atoms with Gasteiger partial charge in [-0.05, 0) is 73.1 Å². The van der Waals surface area contributed by atoms with Crippen LogP contribution >= 0.6 is 23.4 Å². The summed E-state index contributed by atoms with van der Waals surface area (Å²) in [6.07, 6.45) is 3.50. The van der Waals surface area contributed by atoms with E-state index >= 15 is 0 Å². The van der Waals surface area contributed by atoms with E-state index in [1.807, 2.05) is 73.1 Å². The van der Waals surface area contributed by atoms with E-state index in [4.69, 9.17) is 11.6 Å². The summed E-state index contributed by atoms with van der Waals surface area (Å²) in [5.41, 5.74) is 4.07. The van der Waals surface area contributed by atoms with E-state index in [0.717, 1.165) is 39.2 Å². The summed E-state index contributed by atoms with van der Waals surface area (Å²) in [7, 11) is 0. The molecule has 2 heterocycles. The van der Waals surface area contributed by atoms with E-state index in [9.17, 15) is 14.4 Å². The fourth-order valence-electron chi connectivity index (χ4n) is 3.30. The number of hydrogen-bond acceptors (Lipinski definition) is 4. The molecule has 0 saturated carbocycles. The molecule has 1 N–H and O–H groups in total. The monoisotopic (exact) mass is 465 g/mol. The number of anilines is 1. The average Bonchev–Trinajstić information content (AvgIpc) is 3.32. The van der Waals surface area contributed by atoms with Crippen molar-refractivity contribution in [3.05, 3.63) is 87.5 Å². The first kappa shape index (κ1) is 21.9. The SMILES string of the molecule is Cc1ccc(-n2cccc2/C=C2\SC(=O)N(CC(=O)Nc3ccccc3C)C2=O)cc1Cl. The first-order valence-electron chi connectivity index (χ1n) is 9.88. The van der Waals surface area contributed by atoms with Crippen molar-refractivity contribution in [1.82, 2.24) is 9.47 Å². The molecule has 0 bridgehead atoms. The molecule has 6 nitrogen and oxygen atoms in total. The number of aromatic nitrogens is 1. The first-order valence-corrected chi connectivity index (χ1v) is 11.1. The number of benzene rings is 2. The number of nitrogens with zero attached hydrogens (tertiary/aromatic N) is 2. The van der Waals surface area contributed by atoms with Crippen LogP contribution in [0.2, 0.25) is 5.02 Å². The summed E-state index contributed by atoms with van der Waals surface area (Å²) < 4.78 is 1.88. The summed E-state index contributed by atoms with van der Waals surface area (Å²) in [5, 5.41) is 2.92. The Kier molecular flexibility index (Phi) is 6.21. The molecular formula is C24H20ClN3O3S. The van der Waals surface area contributed by atoms with Crippen molar-refractivity contribution >= 4 is 52.2 Å². The number of para-hydroxylation sites is 1. The van der Waals surface area contributed by atoms with Gasteiger partial charge in [-0.2, -0.15) is 0 Å². The van der Waals surface area contributed by atoms with Crippen molar-refractivity contribution in [1.29, 1.82) is 0 Å². The molecule has 1 fully saturated rings. The molecule has 8 heteroatoms. The zero-order valence-electron chi connectivity index (χ0n) is 17.5. The van der Waals surface area contributed by atoms with Gasteiger partial charge >= 0.3 is 0 Å². The molecule has 1 aliphatic heterocycles. The number of thioether (sulfide) groups is 1. The second kappa shape index (κ2) is 9.06. The normalized spacial score (nSPS) is 15.0. The minimum Gasteiger partial charge on any atom is -0.324 e. The largest absolute Gasteiger partial charge is 0.324 e. The van der Waals surface area contributed by atoms with Gasteiger partial charge in [0.25, 0.3) is 11.1 Å². The van der Waals surface area contributed by atoms with Crippen LogP contribution in [0.25, 0.3) is 11.8 Å². The molecule has 3 aromatic rings. The number of imide groups is 1. The van der Waals surface area contributed by atoms with E-state index in [1.54, 1.807) is 12.1 Å². The van der Waals surface area contributed by atoms with Crippen LogP contribution in [0.1, 0.15) is 16.8 Å². The molecule has 0 spiro atoms. The highest BCUT2D eigenvalue weighted by Crippen LogP contribution is 2.33. The molecule has 1 aromatic heterocycles. The standard InChI is InChI=1S/C24H20ClN3O3S/c1-15-9-10-18(12-19(15)25)27-11-5-7-17(27)13-21-23(30)28(24(31)32-21)14-22(29)26-20-8-4-3-6-16(20)2/h3-13H,14H2,1-2H3,(H,26,29)/b21-13-. The number of carbonyl (C=O) groups is 3. The Bertz CT molecular complexity index is 1260. The number of carbonyl (C=O) groups excluding carboxylic acids is 3. The highest BCUT2D eigenvalue weighted by molar-refractivity contribution is 8.18. The van der Waals surface area contributed by atoms with E-state index < -0.39 is 17.1 Å². The molecule has 162 valence electrons. The van der Waals surface area contributed by atoms with Crippen LogP contribution in [0.3, 0.4) is 0 Å². The number of nitrogens with one attached hydrogen (secondary N) is 1. The topological polar surface area (TPSA) is 71.4 Å². The first-order chi connectivity index (χ1) is 15.3. The Balaban J connectivity index is 1.52. The van der Waals surface area contributed by atoms with Crippen LogP contribution in [0, 0.1) is 13.8 Å². The van der Waals surface area contributed by atoms with Gasteiger partial charge in [0.1, 0.15) is 6.54 Å². The second-order valence-electron chi connectivity index (χ2n) is 7.37. The molecule has 2 aromatic carbocycles. The summed E-state index contributed by atoms with van der Waals surface area (Å²) in [5.74, 6) is -0.921. The summed E-state index contributed by atoms with van der Waals surface area (Å²) in [6.45, 7) is 3.45. The maximum absolute atomic E-state index is 12.8. The third-order valence-corrected chi connectivity index (χ3v) is 6.40. The number of aryl methyl sites for hydroxylation is 2. The summed E-state index contributed by atoms with van der Waals surface area (Å²) >= 11 is 7.07. The van der Waals surface area contributed by atoms with Gasteiger partial charge in [-0.3, -0.25) is 19.3 Å². The fourth-order valence-corrected chi connectivity index (χ4v) is 4.29. The van der Waals surface area contributed by atoms with Crippen LogP contribution < -0.4 is 5.32 Å². The molecule has 32 heavy (non-hydrogen) atoms. The summed E-state index contributed by atoms with van der Waals surface area (Å²) in [6, 6.07) is 16.7. The quantitative estimate of drug-likeness (QED) is 0.510. The number of halogens is 1. The lowest BCUT2D eigenvalue weighted by Gasteiger charge is -2.13. The van der Waals surface area contributed by atoms with E-state index in [2.05, 4.69) is 5.32 Å². The summed E-state index contributed by atoms with van der Waals surface area (Å²) in [4.78, 5) is 38.9. The van der Waals surface area contributed by atoms with Crippen molar-refractivity contribution < 1.29 is 14.4 Å². The van der Waals surface area contributed by atoms with E-state index in [-0.39, 0.29) is 11.4 Å². The Hall–Kier alpha value is -3.29. The van der Waals surface area contributed by atoms with Gasteiger partial charge in [0.05, 0.1) is 4.91 Å². The smallest absolute Gasteiger partial charge is 0.294 e. The molecule has 3 amide bonds. The maximum Gasteiger partial charge on any atom is 0.294 e. The highest BCUT2D eigenvalue weighted by atomic mass is 35.5. The van der Waals surface area contributed by atoms with Crippen LogP contribution in [-0.2, 0) is 9.59 Å². The predicted octanol–water partition coefficient (Wildman–Crippen LogP) is 5.42. The van der Waals surface area contributed by atoms with E-state index in [0.29, 0.717) is 10.7 Å². The van der Waals surface area contributed by atoms with Gasteiger partial charge in [-0.1, -0.05) is 35.9 Å². The Labute approximate surface area is 194 Å². The Morgan fingerprint density at radius 1 is 1.06 bits per heavy atom. The fraction of sp³-hybridized carbons (Fsp3) is 0.125. The molecular weight excluding hydrogens is 446 g/mol. The van der Waals surface area contributed by atoms with Crippen molar-refractivity contribution in [3.63, 3.8) is 0 Å². The molecule has 0 radical (unpaired) electrons. The van der Waals surface area contributed by atoms with Gasteiger partial charge < -0.3 is 9.88 Å². The minimum atomic E-state index is -0.491. The van der Waals surface area contributed by atoms with Crippen molar-refractivity contribution in [3.8, 4) is 5.69 Å².